The molecule has 0 aliphatic rings. The predicted molar refractivity (Wildman–Crippen MR) is 73.3 cm³/mol. The average Bonchev–Trinajstić information content (AvgIpc) is 2.37. The van der Waals surface area contributed by atoms with Crippen LogP contribution in [0.15, 0.2) is 34.7 Å². The first-order valence-corrected chi connectivity index (χ1v) is 6.74. The van der Waals surface area contributed by atoms with E-state index in [9.17, 15) is 4.79 Å². The lowest BCUT2D eigenvalue weighted by molar-refractivity contribution is -0.132. The lowest BCUT2D eigenvalue weighted by Crippen LogP contribution is -1.97. The fraction of sp³-hybridized carbons (Fsp3) is 0.286. The van der Waals surface area contributed by atoms with Crippen molar-refractivity contribution in [3.63, 3.8) is 0 Å². The van der Waals surface area contributed by atoms with Crippen LogP contribution in [0.5, 0.6) is 0 Å². The standard InChI is InChI=1S/C14H15NO2S/c1-2-3-8-18-13-6-4-11(5-7-13)9-12(10-15)14(16)17/h4-7,9H,2-3,8H2,1H3,(H,16,17)/b12-9+. The first kappa shape index (κ1) is 14.3. The maximum atomic E-state index is 10.7. The lowest BCUT2D eigenvalue weighted by atomic mass is 10.1. The largest absolute Gasteiger partial charge is 0.477 e. The zero-order chi connectivity index (χ0) is 13.4. The third kappa shape index (κ3) is 4.64. The van der Waals surface area contributed by atoms with Gasteiger partial charge in [0.05, 0.1) is 0 Å². The molecule has 18 heavy (non-hydrogen) atoms. The van der Waals surface area contributed by atoms with Crippen LogP contribution in [0.3, 0.4) is 0 Å². The highest BCUT2D eigenvalue weighted by molar-refractivity contribution is 7.99. The maximum Gasteiger partial charge on any atom is 0.346 e. The van der Waals surface area contributed by atoms with E-state index in [1.54, 1.807) is 17.8 Å². The number of hydrogen-bond acceptors (Lipinski definition) is 3. The Kier molecular flexibility index (Phi) is 6.03. The average molecular weight is 261 g/mol. The molecule has 4 heteroatoms. The van der Waals surface area contributed by atoms with Crippen LogP contribution in [0.1, 0.15) is 25.3 Å². The number of unbranched alkanes of at least 4 members (excludes halogenated alkanes) is 1. The highest BCUT2D eigenvalue weighted by Crippen LogP contribution is 2.20. The Morgan fingerprint density at radius 1 is 1.44 bits per heavy atom. The summed E-state index contributed by atoms with van der Waals surface area (Å²) in [5, 5.41) is 17.4. The second-order valence-electron chi connectivity index (χ2n) is 3.75. The van der Waals surface area contributed by atoms with Gasteiger partial charge < -0.3 is 5.11 Å². The first-order chi connectivity index (χ1) is 8.67. The Morgan fingerprint density at radius 3 is 2.61 bits per heavy atom. The summed E-state index contributed by atoms with van der Waals surface area (Å²) in [6, 6.07) is 9.21. The van der Waals surface area contributed by atoms with E-state index in [2.05, 4.69) is 6.92 Å². The number of rotatable bonds is 6. The maximum absolute atomic E-state index is 10.7. The van der Waals surface area contributed by atoms with E-state index in [4.69, 9.17) is 10.4 Å². The Balaban J connectivity index is 2.71. The highest BCUT2D eigenvalue weighted by Gasteiger charge is 2.05. The Hall–Kier alpha value is -1.73. The van der Waals surface area contributed by atoms with Gasteiger partial charge in [-0.1, -0.05) is 25.5 Å². The van der Waals surface area contributed by atoms with Crippen molar-refractivity contribution in [2.45, 2.75) is 24.7 Å². The summed E-state index contributed by atoms with van der Waals surface area (Å²) in [4.78, 5) is 11.8. The minimum absolute atomic E-state index is 0.249. The molecule has 0 aromatic heterocycles. The van der Waals surface area contributed by atoms with Crippen molar-refractivity contribution in [1.29, 1.82) is 5.26 Å². The summed E-state index contributed by atoms with van der Waals surface area (Å²) in [5.41, 5.74) is 0.482. The summed E-state index contributed by atoms with van der Waals surface area (Å²) in [7, 11) is 0. The van der Waals surface area contributed by atoms with Gasteiger partial charge in [0.25, 0.3) is 0 Å². The number of aliphatic carboxylic acids is 1. The van der Waals surface area contributed by atoms with E-state index in [0.717, 1.165) is 16.2 Å². The van der Waals surface area contributed by atoms with Crippen LogP contribution in [-0.2, 0) is 4.79 Å². The van der Waals surface area contributed by atoms with Crippen LogP contribution < -0.4 is 0 Å². The number of nitrogens with zero attached hydrogens (tertiary/aromatic N) is 1. The summed E-state index contributed by atoms with van der Waals surface area (Å²) in [6.45, 7) is 2.16. The molecule has 0 saturated carbocycles. The molecule has 0 radical (unpaired) electrons. The third-order valence-corrected chi connectivity index (χ3v) is 3.41. The second-order valence-corrected chi connectivity index (χ2v) is 4.91. The predicted octanol–water partition coefficient (Wildman–Crippen LogP) is 3.57. The topological polar surface area (TPSA) is 61.1 Å². The monoisotopic (exact) mass is 261 g/mol. The number of nitriles is 1. The molecule has 0 amide bonds. The van der Waals surface area contributed by atoms with E-state index in [1.807, 2.05) is 24.3 Å². The number of carboxylic acid groups (broad SMARTS) is 1. The number of carboxylic acids is 1. The molecule has 0 aliphatic carbocycles. The fourth-order valence-electron chi connectivity index (χ4n) is 1.30. The molecule has 0 saturated heterocycles. The van der Waals surface area contributed by atoms with Crippen LogP contribution in [0, 0.1) is 11.3 Å². The molecular formula is C14H15NO2S. The molecular weight excluding hydrogens is 246 g/mol. The van der Waals surface area contributed by atoms with Crippen molar-refractivity contribution in [3.05, 3.63) is 35.4 Å². The van der Waals surface area contributed by atoms with Gasteiger partial charge in [-0.25, -0.2) is 4.79 Å². The van der Waals surface area contributed by atoms with Crippen molar-refractivity contribution in [3.8, 4) is 6.07 Å². The number of thioether (sulfide) groups is 1. The molecule has 0 spiro atoms. The van der Waals surface area contributed by atoms with E-state index < -0.39 is 5.97 Å². The van der Waals surface area contributed by atoms with E-state index in [1.165, 1.54) is 18.9 Å². The van der Waals surface area contributed by atoms with Crippen molar-refractivity contribution in [1.82, 2.24) is 0 Å². The van der Waals surface area contributed by atoms with Gasteiger partial charge in [-0.15, -0.1) is 11.8 Å². The van der Waals surface area contributed by atoms with Gasteiger partial charge in [0.15, 0.2) is 0 Å². The molecule has 0 fully saturated rings. The minimum atomic E-state index is -1.20. The summed E-state index contributed by atoms with van der Waals surface area (Å²) >= 11 is 1.78. The zero-order valence-corrected chi connectivity index (χ0v) is 11.0. The Labute approximate surface area is 111 Å². The van der Waals surface area contributed by atoms with Gasteiger partial charge in [-0.05, 0) is 35.9 Å². The highest BCUT2D eigenvalue weighted by atomic mass is 32.2. The first-order valence-electron chi connectivity index (χ1n) is 5.75. The van der Waals surface area contributed by atoms with E-state index in [0.29, 0.717) is 0 Å². The SMILES string of the molecule is CCCCSc1ccc(/C=C(\C#N)C(=O)O)cc1. The second kappa shape index (κ2) is 7.57. The molecule has 0 aliphatic heterocycles. The summed E-state index contributed by atoms with van der Waals surface area (Å²) in [5.74, 6) is -0.108. The quantitative estimate of drug-likeness (QED) is 0.368. The van der Waals surface area contributed by atoms with Gasteiger partial charge in [-0.3, -0.25) is 0 Å². The fourth-order valence-corrected chi connectivity index (χ4v) is 2.30. The van der Waals surface area contributed by atoms with Crippen LogP contribution in [0.2, 0.25) is 0 Å². The Morgan fingerprint density at radius 2 is 2.11 bits per heavy atom. The molecule has 0 unspecified atom stereocenters. The van der Waals surface area contributed by atoms with Gasteiger partial charge >= 0.3 is 5.97 Å². The molecule has 0 bridgehead atoms. The number of carbonyl (C=O) groups is 1. The molecule has 0 heterocycles. The van der Waals surface area contributed by atoms with Crippen LogP contribution in [0.25, 0.3) is 6.08 Å². The van der Waals surface area contributed by atoms with Crippen molar-refractivity contribution in [2.24, 2.45) is 0 Å². The van der Waals surface area contributed by atoms with Crippen LogP contribution in [-0.4, -0.2) is 16.8 Å². The summed E-state index contributed by atoms with van der Waals surface area (Å²) in [6.07, 6.45) is 3.74. The molecule has 1 aromatic rings. The van der Waals surface area contributed by atoms with Crippen LogP contribution >= 0.6 is 11.8 Å². The van der Waals surface area contributed by atoms with Crippen molar-refractivity contribution < 1.29 is 9.90 Å². The molecule has 3 nitrogen and oxygen atoms in total. The molecule has 1 aromatic carbocycles. The van der Waals surface area contributed by atoms with Crippen molar-refractivity contribution in [2.75, 3.05) is 5.75 Å². The Bertz CT molecular complexity index is 472. The number of benzene rings is 1. The smallest absolute Gasteiger partial charge is 0.346 e. The zero-order valence-electron chi connectivity index (χ0n) is 10.2. The van der Waals surface area contributed by atoms with Crippen LogP contribution in [0.4, 0.5) is 0 Å². The summed E-state index contributed by atoms with van der Waals surface area (Å²) < 4.78 is 0. The van der Waals surface area contributed by atoms with Gasteiger partial charge in [0.2, 0.25) is 0 Å². The molecule has 0 atom stereocenters. The van der Waals surface area contributed by atoms with Gasteiger partial charge in [0.1, 0.15) is 11.6 Å². The van der Waals surface area contributed by atoms with Gasteiger partial charge in [-0.2, -0.15) is 5.26 Å². The number of hydrogen-bond donors (Lipinski definition) is 1. The van der Waals surface area contributed by atoms with Crippen molar-refractivity contribution >= 4 is 23.8 Å². The lowest BCUT2D eigenvalue weighted by Gasteiger charge is -2.01. The molecule has 1 N–H and O–H groups in total. The molecule has 94 valence electrons. The third-order valence-electron chi connectivity index (χ3n) is 2.31. The minimum Gasteiger partial charge on any atom is -0.477 e. The van der Waals surface area contributed by atoms with Gasteiger partial charge in [0, 0.05) is 4.90 Å². The van der Waals surface area contributed by atoms with E-state index in [-0.39, 0.29) is 5.57 Å². The normalized spacial score (nSPS) is 11.0. The molecule has 1 rings (SSSR count). The van der Waals surface area contributed by atoms with E-state index >= 15 is 0 Å².